The molecule has 130 valence electrons. The van der Waals surface area contributed by atoms with E-state index in [9.17, 15) is 4.79 Å². The number of quaternary nitrogens is 1. The predicted octanol–water partition coefficient (Wildman–Crippen LogP) is -2.11. The van der Waals surface area contributed by atoms with Crippen molar-refractivity contribution < 1.29 is 9.28 Å². The van der Waals surface area contributed by atoms with E-state index < -0.39 is 0 Å². The third kappa shape index (κ3) is 10.9. The van der Waals surface area contributed by atoms with Gasteiger partial charge in [0.15, 0.2) is 0 Å². The zero-order valence-electron chi connectivity index (χ0n) is 14.6. The van der Waals surface area contributed by atoms with Crippen LogP contribution in [0.2, 0.25) is 0 Å². The average Bonchev–Trinajstić information content (AvgIpc) is 2.40. The first-order chi connectivity index (χ1) is 10.5. The van der Waals surface area contributed by atoms with Crippen LogP contribution in [0.4, 0.5) is 0 Å². The molecule has 0 aromatic rings. The van der Waals surface area contributed by atoms with Gasteiger partial charge in [-0.25, -0.2) is 0 Å². The van der Waals surface area contributed by atoms with Crippen molar-refractivity contribution in [2.45, 2.75) is 0 Å². The molecule has 1 amide bonds. The number of hydrogen-bond donors (Lipinski definition) is 4. The molecular formula is C15H35N6O+. The van der Waals surface area contributed by atoms with E-state index in [-0.39, 0.29) is 5.91 Å². The van der Waals surface area contributed by atoms with Gasteiger partial charge in [0.05, 0.1) is 40.8 Å². The molecule has 4 N–H and O–H groups in total. The fourth-order valence-corrected chi connectivity index (χ4v) is 2.26. The lowest BCUT2D eigenvalue weighted by atomic mass is 10.4. The molecule has 1 saturated heterocycles. The first-order valence-corrected chi connectivity index (χ1v) is 8.39. The smallest absolute Gasteiger partial charge is 0.234 e. The zero-order valence-corrected chi connectivity index (χ0v) is 14.6. The summed E-state index contributed by atoms with van der Waals surface area (Å²) in [6.07, 6.45) is 0. The fourth-order valence-electron chi connectivity index (χ4n) is 2.26. The van der Waals surface area contributed by atoms with Gasteiger partial charge in [-0.05, 0) is 0 Å². The molecule has 0 unspecified atom stereocenters. The standard InChI is InChI=1S/C15H34N6O/c1-21(2,3)13-10-19-15(22)14-20-11-8-17-6-4-16-5-7-18-9-12-20/h16-18H,4-14H2,1-3H3/p+1. The van der Waals surface area contributed by atoms with Crippen molar-refractivity contribution in [3.05, 3.63) is 0 Å². The summed E-state index contributed by atoms with van der Waals surface area (Å²) in [7, 11) is 6.40. The highest BCUT2D eigenvalue weighted by molar-refractivity contribution is 5.77. The minimum Gasteiger partial charge on any atom is -0.349 e. The van der Waals surface area contributed by atoms with E-state index in [1.807, 2.05) is 0 Å². The maximum Gasteiger partial charge on any atom is 0.234 e. The van der Waals surface area contributed by atoms with Gasteiger partial charge in [-0.1, -0.05) is 0 Å². The fraction of sp³-hybridized carbons (Fsp3) is 0.933. The number of rotatable bonds is 5. The first-order valence-electron chi connectivity index (χ1n) is 8.39. The summed E-state index contributed by atoms with van der Waals surface area (Å²) in [6, 6.07) is 0. The Morgan fingerprint density at radius 2 is 1.45 bits per heavy atom. The van der Waals surface area contributed by atoms with Crippen LogP contribution in [-0.4, -0.2) is 108 Å². The van der Waals surface area contributed by atoms with E-state index >= 15 is 0 Å². The zero-order chi connectivity index (χ0) is 16.3. The summed E-state index contributed by atoms with van der Waals surface area (Å²) in [5.74, 6) is 0.127. The second-order valence-corrected chi connectivity index (χ2v) is 6.89. The molecule has 0 bridgehead atoms. The number of hydrogen-bond acceptors (Lipinski definition) is 5. The minimum absolute atomic E-state index is 0.127. The van der Waals surface area contributed by atoms with Gasteiger partial charge < -0.3 is 25.8 Å². The summed E-state index contributed by atoms with van der Waals surface area (Å²) < 4.78 is 0.867. The number of carbonyl (C=O) groups is 1. The Labute approximate surface area is 135 Å². The number of carbonyl (C=O) groups excluding carboxylic acids is 1. The third-order valence-corrected chi connectivity index (χ3v) is 3.64. The van der Waals surface area contributed by atoms with Crippen molar-refractivity contribution in [1.82, 2.24) is 26.2 Å². The van der Waals surface area contributed by atoms with Gasteiger partial charge in [-0.15, -0.1) is 0 Å². The molecule has 1 fully saturated rings. The summed E-state index contributed by atoms with van der Waals surface area (Å²) in [6.45, 7) is 9.77. The van der Waals surface area contributed by atoms with Crippen molar-refractivity contribution in [3.8, 4) is 0 Å². The molecule has 22 heavy (non-hydrogen) atoms. The van der Waals surface area contributed by atoms with E-state index in [2.05, 4.69) is 47.3 Å². The van der Waals surface area contributed by atoms with Crippen molar-refractivity contribution in [2.75, 3.05) is 93.1 Å². The Balaban J connectivity index is 2.27. The SMILES string of the molecule is C[N+](C)(C)CCNC(=O)CN1CCNCCNCCNCC1. The number of nitrogens with one attached hydrogen (secondary N) is 4. The minimum atomic E-state index is 0.127. The van der Waals surface area contributed by atoms with E-state index in [1.54, 1.807) is 0 Å². The molecule has 0 aromatic carbocycles. The van der Waals surface area contributed by atoms with Crippen LogP contribution in [0, 0.1) is 0 Å². The van der Waals surface area contributed by atoms with Crippen LogP contribution in [0.3, 0.4) is 0 Å². The molecule has 0 aliphatic carbocycles. The van der Waals surface area contributed by atoms with E-state index in [0.717, 1.165) is 69.9 Å². The second-order valence-electron chi connectivity index (χ2n) is 6.89. The molecule has 0 radical (unpaired) electrons. The highest BCUT2D eigenvalue weighted by Gasteiger charge is 2.12. The van der Waals surface area contributed by atoms with Gasteiger partial charge in [0.25, 0.3) is 0 Å². The van der Waals surface area contributed by atoms with Crippen LogP contribution in [0.15, 0.2) is 0 Å². The Bertz CT molecular complexity index is 293. The molecule has 1 rings (SSSR count). The lowest BCUT2D eigenvalue weighted by Gasteiger charge is -2.25. The molecule has 7 nitrogen and oxygen atoms in total. The molecule has 0 atom stereocenters. The molecule has 1 aliphatic rings. The average molecular weight is 315 g/mol. The highest BCUT2D eigenvalue weighted by Crippen LogP contribution is 1.89. The van der Waals surface area contributed by atoms with Crippen molar-refractivity contribution in [1.29, 1.82) is 0 Å². The van der Waals surface area contributed by atoms with Crippen LogP contribution in [0.5, 0.6) is 0 Å². The normalized spacial score (nSPS) is 20.0. The van der Waals surface area contributed by atoms with E-state index in [0.29, 0.717) is 6.54 Å². The Morgan fingerprint density at radius 1 is 0.955 bits per heavy atom. The highest BCUT2D eigenvalue weighted by atomic mass is 16.2. The lowest BCUT2D eigenvalue weighted by Crippen LogP contribution is -2.47. The molecule has 0 aromatic heterocycles. The van der Waals surface area contributed by atoms with Crippen LogP contribution in [0.1, 0.15) is 0 Å². The molecule has 0 spiro atoms. The molecular weight excluding hydrogens is 280 g/mol. The van der Waals surface area contributed by atoms with E-state index in [1.165, 1.54) is 0 Å². The van der Waals surface area contributed by atoms with Gasteiger partial charge in [-0.2, -0.15) is 0 Å². The maximum atomic E-state index is 12.1. The van der Waals surface area contributed by atoms with Crippen molar-refractivity contribution >= 4 is 5.91 Å². The van der Waals surface area contributed by atoms with Crippen LogP contribution in [0.25, 0.3) is 0 Å². The number of amides is 1. The second kappa shape index (κ2) is 10.9. The topological polar surface area (TPSA) is 68.4 Å². The van der Waals surface area contributed by atoms with Gasteiger partial charge in [0.2, 0.25) is 5.91 Å². The van der Waals surface area contributed by atoms with E-state index in [4.69, 9.17) is 0 Å². The van der Waals surface area contributed by atoms with Crippen LogP contribution in [-0.2, 0) is 4.79 Å². The van der Waals surface area contributed by atoms with Crippen molar-refractivity contribution in [2.24, 2.45) is 0 Å². The summed E-state index contributed by atoms with van der Waals surface area (Å²) >= 11 is 0. The maximum absolute atomic E-state index is 12.1. The Hall–Kier alpha value is -0.730. The van der Waals surface area contributed by atoms with Gasteiger partial charge in [0.1, 0.15) is 0 Å². The predicted molar refractivity (Wildman–Crippen MR) is 91.0 cm³/mol. The lowest BCUT2D eigenvalue weighted by molar-refractivity contribution is -0.869. The number of likely N-dealkylation sites (N-methyl/N-ethyl adjacent to an activating group) is 1. The summed E-state index contributed by atoms with van der Waals surface area (Å²) in [5, 5.41) is 13.2. The van der Waals surface area contributed by atoms with Gasteiger partial charge in [0, 0.05) is 52.4 Å². The summed E-state index contributed by atoms with van der Waals surface area (Å²) in [4.78, 5) is 14.3. The Morgan fingerprint density at radius 3 is 1.95 bits per heavy atom. The first kappa shape index (κ1) is 19.3. The summed E-state index contributed by atoms with van der Waals surface area (Å²) in [5.41, 5.74) is 0. The number of nitrogens with zero attached hydrogens (tertiary/aromatic N) is 2. The van der Waals surface area contributed by atoms with Crippen LogP contribution >= 0.6 is 0 Å². The largest absolute Gasteiger partial charge is 0.349 e. The van der Waals surface area contributed by atoms with Gasteiger partial charge in [-0.3, -0.25) is 9.69 Å². The van der Waals surface area contributed by atoms with Crippen molar-refractivity contribution in [3.63, 3.8) is 0 Å². The molecule has 7 heteroatoms. The quantitative estimate of drug-likeness (QED) is 0.438. The molecule has 1 aliphatic heterocycles. The molecule has 1 heterocycles. The van der Waals surface area contributed by atoms with Gasteiger partial charge >= 0.3 is 0 Å². The third-order valence-electron chi connectivity index (χ3n) is 3.64. The monoisotopic (exact) mass is 315 g/mol. The Kier molecular flexibility index (Phi) is 9.58. The van der Waals surface area contributed by atoms with Crippen LogP contribution < -0.4 is 21.3 Å². The molecule has 0 saturated carbocycles.